The number of ether oxygens (including phenoxy) is 1. The lowest BCUT2D eigenvalue weighted by Gasteiger charge is -2.11. The molecule has 0 spiro atoms. The van der Waals surface area contributed by atoms with Crippen LogP contribution in [0.25, 0.3) is 0 Å². The molecule has 1 N–H and O–H groups in total. The lowest BCUT2D eigenvalue weighted by atomic mass is 10.2. The quantitative estimate of drug-likeness (QED) is 0.451. The maximum absolute atomic E-state index is 10.9. The van der Waals surface area contributed by atoms with E-state index in [4.69, 9.17) is 16.3 Å². The van der Waals surface area contributed by atoms with Gasteiger partial charge in [-0.15, -0.1) is 0 Å². The Morgan fingerprint density at radius 1 is 1.42 bits per heavy atom. The Labute approximate surface area is 117 Å². The van der Waals surface area contributed by atoms with Crippen LogP contribution in [0.1, 0.15) is 0 Å². The summed E-state index contributed by atoms with van der Waals surface area (Å²) in [6, 6.07) is 4.59. The number of rotatable bonds is 8. The summed E-state index contributed by atoms with van der Waals surface area (Å²) < 4.78 is 5.39. The van der Waals surface area contributed by atoms with Crippen molar-refractivity contribution in [2.45, 2.75) is 0 Å². The average molecular weight is 288 g/mol. The van der Waals surface area contributed by atoms with E-state index in [2.05, 4.69) is 5.32 Å². The van der Waals surface area contributed by atoms with Gasteiger partial charge in [0.25, 0.3) is 5.69 Å². The van der Waals surface area contributed by atoms with Crippen molar-refractivity contribution in [3.8, 4) is 0 Å². The summed E-state index contributed by atoms with van der Waals surface area (Å²) >= 11 is 5.94. The van der Waals surface area contributed by atoms with Gasteiger partial charge in [0, 0.05) is 19.2 Å². The summed E-state index contributed by atoms with van der Waals surface area (Å²) in [7, 11) is 3.93. The predicted octanol–water partition coefficient (Wildman–Crippen LogP) is 2.24. The molecule has 0 saturated heterocycles. The van der Waals surface area contributed by atoms with Gasteiger partial charge in [-0.3, -0.25) is 10.1 Å². The highest BCUT2D eigenvalue weighted by Crippen LogP contribution is 2.31. The molecular formula is C12H18ClN3O3. The smallest absolute Gasteiger partial charge is 0.293 e. The van der Waals surface area contributed by atoms with Crippen LogP contribution >= 0.6 is 11.6 Å². The number of nitro benzene ring substituents is 1. The lowest BCUT2D eigenvalue weighted by Crippen LogP contribution is -2.20. The Bertz CT molecular complexity index is 427. The second kappa shape index (κ2) is 7.93. The molecule has 0 aromatic heterocycles. The fraction of sp³-hybridized carbons (Fsp3) is 0.500. The van der Waals surface area contributed by atoms with E-state index in [1.54, 1.807) is 12.1 Å². The fourth-order valence-corrected chi connectivity index (χ4v) is 1.67. The average Bonchev–Trinajstić information content (AvgIpc) is 2.34. The summed E-state index contributed by atoms with van der Waals surface area (Å²) in [6.07, 6.45) is 0. The summed E-state index contributed by atoms with van der Waals surface area (Å²) in [5, 5.41) is 14.1. The van der Waals surface area contributed by atoms with E-state index < -0.39 is 4.92 Å². The number of hydrogen-bond acceptors (Lipinski definition) is 5. The van der Waals surface area contributed by atoms with Gasteiger partial charge in [0.05, 0.1) is 23.2 Å². The minimum Gasteiger partial charge on any atom is -0.378 e. The zero-order chi connectivity index (χ0) is 14.3. The molecule has 0 fully saturated rings. The van der Waals surface area contributed by atoms with Gasteiger partial charge in [-0.05, 0) is 20.2 Å². The highest BCUT2D eigenvalue weighted by atomic mass is 35.5. The number of nitrogens with one attached hydrogen (secondary N) is 1. The van der Waals surface area contributed by atoms with Crippen molar-refractivity contribution in [1.29, 1.82) is 0 Å². The van der Waals surface area contributed by atoms with E-state index in [-0.39, 0.29) is 5.69 Å². The maximum atomic E-state index is 10.9. The van der Waals surface area contributed by atoms with Gasteiger partial charge in [0.1, 0.15) is 5.69 Å². The molecule has 6 nitrogen and oxygen atoms in total. The van der Waals surface area contributed by atoms with Crippen LogP contribution in [-0.2, 0) is 4.74 Å². The molecule has 1 rings (SSSR count). The summed E-state index contributed by atoms with van der Waals surface area (Å²) in [5.41, 5.74) is 0.311. The van der Waals surface area contributed by atoms with E-state index in [1.165, 1.54) is 6.07 Å². The molecule has 0 aliphatic heterocycles. The molecule has 0 aliphatic rings. The molecule has 0 radical (unpaired) electrons. The molecule has 0 bridgehead atoms. The predicted molar refractivity (Wildman–Crippen MR) is 76.0 cm³/mol. The first-order chi connectivity index (χ1) is 9.02. The van der Waals surface area contributed by atoms with Crippen molar-refractivity contribution in [1.82, 2.24) is 4.90 Å². The normalized spacial score (nSPS) is 10.7. The number of benzene rings is 1. The van der Waals surface area contributed by atoms with Crippen molar-refractivity contribution in [3.05, 3.63) is 33.3 Å². The Hall–Kier alpha value is -1.37. The first-order valence-electron chi connectivity index (χ1n) is 5.91. The molecule has 1 aromatic rings. The largest absolute Gasteiger partial charge is 0.378 e. The van der Waals surface area contributed by atoms with Gasteiger partial charge in [-0.25, -0.2) is 0 Å². The Morgan fingerprint density at radius 2 is 2.16 bits per heavy atom. The molecule has 0 saturated carbocycles. The highest BCUT2D eigenvalue weighted by Gasteiger charge is 2.15. The molecular weight excluding hydrogens is 270 g/mol. The molecule has 1 aromatic carbocycles. The first-order valence-corrected chi connectivity index (χ1v) is 6.29. The molecule has 106 valence electrons. The van der Waals surface area contributed by atoms with Gasteiger partial charge in [0.2, 0.25) is 0 Å². The van der Waals surface area contributed by atoms with Crippen molar-refractivity contribution >= 4 is 23.0 Å². The summed E-state index contributed by atoms with van der Waals surface area (Å²) in [6.45, 7) is 2.40. The van der Waals surface area contributed by atoms with Crippen LogP contribution in [0.2, 0.25) is 5.02 Å². The third-order valence-electron chi connectivity index (χ3n) is 2.42. The standard InChI is InChI=1S/C12H18ClN3O3/c1-15(2)7-9-19-8-6-14-12-10(13)4-3-5-11(12)16(17)18/h3-5,14H,6-9H2,1-2H3. The monoisotopic (exact) mass is 287 g/mol. The van der Waals surface area contributed by atoms with Crippen molar-refractivity contribution in [2.75, 3.05) is 45.7 Å². The fourth-order valence-electron chi connectivity index (χ4n) is 1.44. The van der Waals surface area contributed by atoms with Crippen LogP contribution < -0.4 is 5.32 Å². The van der Waals surface area contributed by atoms with E-state index in [9.17, 15) is 10.1 Å². The Balaban J connectivity index is 2.43. The van der Waals surface area contributed by atoms with Crippen molar-refractivity contribution in [3.63, 3.8) is 0 Å². The number of nitro groups is 1. The zero-order valence-corrected chi connectivity index (χ0v) is 11.8. The molecule has 19 heavy (non-hydrogen) atoms. The Kier molecular flexibility index (Phi) is 6.55. The molecule has 0 aliphatic carbocycles. The minimum absolute atomic E-state index is 0.0270. The molecule has 0 amide bonds. The second-order valence-electron chi connectivity index (χ2n) is 4.23. The van der Waals surface area contributed by atoms with Gasteiger partial charge in [0.15, 0.2) is 0 Å². The topological polar surface area (TPSA) is 67.6 Å². The number of hydrogen-bond donors (Lipinski definition) is 1. The van der Waals surface area contributed by atoms with Gasteiger partial charge in [-0.2, -0.15) is 0 Å². The van der Waals surface area contributed by atoms with Crippen molar-refractivity contribution in [2.24, 2.45) is 0 Å². The van der Waals surface area contributed by atoms with Crippen molar-refractivity contribution < 1.29 is 9.66 Å². The van der Waals surface area contributed by atoms with Gasteiger partial charge >= 0.3 is 0 Å². The number of halogens is 1. The second-order valence-corrected chi connectivity index (χ2v) is 4.64. The van der Waals surface area contributed by atoms with Crippen LogP contribution in [0.4, 0.5) is 11.4 Å². The summed E-state index contributed by atoms with van der Waals surface area (Å²) in [5.74, 6) is 0. The zero-order valence-electron chi connectivity index (χ0n) is 11.1. The molecule has 0 unspecified atom stereocenters. The number of anilines is 1. The lowest BCUT2D eigenvalue weighted by molar-refractivity contribution is -0.383. The Morgan fingerprint density at radius 3 is 2.79 bits per heavy atom. The SMILES string of the molecule is CN(C)CCOCCNc1c(Cl)cccc1[N+](=O)[O-]. The van der Waals surface area contributed by atoms with E-state index in [0.29, 0.717) is 30.5 Å². The van der Waals surface area contributed by atoms with Crippen LogP contribution in [0, 0.1) is 10.1 Å². The molecule has 7 heteroatoms. The maximum Gasteiger partial charge on any atom is 0.293 e. The minimum atomic E-state index is -0.457. The van der Waals surface area contributed by atoms with E-state index >= 15 is 0 Å². The van der Waals surface area contributed by atoms with Crippen LogP contribution in [0.3, 0.4) is 0 Å². The van der Waals surface area contributed by atoms with Crippen LogP contribution in [0.5, 0.6) is 0 Å². The molecule has 0 atom stereocenters. The number of nitrogens with zero attached hydrogens (tertiary/aromatic N) is 2. The number of likely N-dealkylation sites (N-methyl/N-ethyl adjacent to an activating group) is 1. The summed E-state index contributed by atoms with van der Waals surface area (Å²) in [4.78, 5) is 12.4. The number of para-hydroxylation sites is 1. The van der Waals surface area contributed by atoms with E-state index in [0.717, 1.165) is 6.54 Å². The molecule has 0 heterocycles. The van der Waals surface area contributed by atoms with Gasteiger partial charge < -0.3 is 15.0 Å². The van der Waals surface area contributed by atoms with Crippen LogP contribution in [-0.4, -0.2) is 50.2 Å². The van der Waals surface area contributed by atoms with E-state index in [1.807, 2.05) is 19.0 Å². The van der Waals surface area contributed by atoms with Gasteiger partial charge in [-0.1, -0.05) is 17.7 Å². The highest BCUT2D eigenvalue weighted by molar-refractivity contribution is 6.33. The first kappa shape index (κ1) is 15.7. The van der Waals surface area contributed by atoms with Crippen LogP contribution in [0.15, 0.2) is 18.2 Å². The third kappa shape index (κ3) is 5.42. The third-order valence-corrected chi connectivity index (χ3v) is 2.73.